The van der Waals surface area contributed by atoms with E-state index in [4.69, 9.17) is 9.52 Å². The molecule has 0 saturated carbocycles. The number of nitrogens with zero attached hydrogens (tertiary/aromatic N) is 1. The van der Waals surface area contributed by atoms with Crippen LogP contribution in [0.1, 0.15) is 17.5 Å². The van der Waals surface area contributed by atoms with Crippen LogP contribution >= 0.6 is 0 Å². The van der Waals surface area contributed by atoms with Crippen LogP contribution in [0.2, 0.25) is 0 Å². The van der Waals surface area contributed by atoms with Crippen molar-refractivity contribution in [1.82, 2.24) is 4.90 Å². The molecule has 0 radical (unpaired) electrons. The first-order valence-electron chi connectivity index (χ1n) is 6.42. The van der Waals surface area contributed by atoms with Gasteiger partial charge in [0.1, 0.15) is 11.6 Å². The van der Waals surface area contributed by atoms with Crippen molar-refractivity contribution in [2.75, 3.05) is 19.7 Å². The van der Waals surface area contributed by atoms with E-state index < -0.39 is 5.82 Å². The van der Waals surface area contributed by atoms with E-state index in [9.17, 15) is 9.18 Å². The Bertz CT molecular complexity index is 594. The van der Waals surface area contributed by atoms with Crippen molar-refractivity contribution in [2.45, 2.75) is 6.92 Å². The minimum atomic E-state index is -0.399. The number of hydrogen-bond donors (Lipinski definition) is 1. The zero-order valence-electron chi connectivity index (χ0n) is 11.2. The molecule has 0 bridgehead atoms. The highest BCUT2D eigenvalue weighted by atomic mass is 19.1. The Morgan fingerprint density at radius 3 is 2.70 bits per heavy atom. The van der Waals surface area contributed by atoms with Crippen molar-refractivity contribution in [1.29, 1.82) is 0 Å². The summed E-state index contributed by atoms with van der Waals surface area (Å²) in [5.74, 6) is -0.266. The van der Waals surface area contributed by atoms with E-state index in [0.717, 1.165) is 0 Å². The molecule has 1 amide bonds. The van der Waals surface area contributed by atoms with Gasteiger partial charge in [-0.15, -0.1) is 0 Å². The summed E-state index contributed by atoms with van der Waals surface area (Å²) in [7, 11) is 0. The van der Waals surface area contributed by atoms with Crippen molar-refractivity contribution >= 4 is 5.91 Å². The number of halogens is 1. The van der Waals surface area contributed by atoms with Crippen LogP contribution in [0.25, 0.3) is 11.3 Å². The standard InChI is InChI=1S/C15H16FNO3/c1-2-17(9-10-18)15(19)14-8-7-13(20-14)11-5-3-4-6-12(11)16/h3-8,18H,2,9-10H2,1H3. The van der Waals surface area contributed by atoms with Crippen LogP contribution in [0.4, 0.5) is 4.39 Å². The number of carbonyl (C=O) groups is 1. The summed E-state index contributed by atoms with van der Waals surface area (Å²) in [5.41, 5.74) is 0.316. The molecule has 0 fully saturated rings. The number of hydrogen-bond acceptors (Lipinski definition) is 3. The fourth-order valence-corrected chi connectivity index (χ4v) is 1.94. The second-order valence-electron chi connectivity index (χ2n) is 4.25. The predicted molar refractivity (Wildman–Crippen MR) is 72.8 cm³/mol. The van der Waals surface area contributed by atoms with E-state index in [0.29, 0.717) is 17.9 Å². The van der Waals surface area contributed by atoms with Gasteiger partial charge < -0.3 is 14.4 Å². The Balaban J connectivity index is 2.25. The fraction of sp³-hybridized carbons (Fsp3) is 0.267. The molecule has 106 valence electrons. The molecule has 1 N–H and O–H groups in total. The largest absolute Gasteiger partial charge is 0.451 e. The molecule has 0 aliphatic carbocycles. The molecule has 0 unspecified atom stereocenters. The van der Waals surface area contributed by atoms with Gasteiger partial charge in [0.05, 0.1) is 12.2 Å². The van der Waals surface area contributed by atoms with Gasteiger partial charge >= 0.3 is 0 Å². The van der Waals surface area contributed by atoms with Gasteiger partial charge in [-0.1, -0.05) is 12.1 Å². The zero-order valence-corrected chi connectivity index (χ0v) is 11.2. The van der Waals surface area contributed by atoms with Gasteiger partial charge in [0, 0.05) is 13.1 Å². The highest BCUT2D eigenvalue weighted by molar-refractivity contribution is 5.92. The first-order chi connectivity index (χ1) is 9.67. The Morgan fingerprint density at radius 1 is 1.30 bits per heavy atom. The SMILES string of the molecule is CCN(CCO)C(=O)c1ccc(-c2ccccc2F)o1. The molecule has 1 aromatic heterocycles. The number of aliphatic hydroxyl groups is 1. The summed E-state index contributed by atoms with van der Waals surface area (Å²) in [5, 5.41) is 8.91. The molecule has 0 atom stereocenters. The number of furan rings is 1. The van der Waals surface area contributed by atoms with Crippen LogP contribution < -0.4 is 0 Å². The number of carbonyl (C=O) groups excluding carboxylic acids is 1. The second kappa shape index (κ2) is 6.34. The number of amides is 1. The summed E-state index contributed by atoms with van der Waals surface area (Å²) in [6, 6.07) is 9.31. The van der Waals surface area contributed by atoms with Crippen LogP contribution in [0.5, 0.6) is 0 Å². The van der Waals surface area contributed by atoms with Gasteiger partial charge in [0.15, 0.2) is 5.76 Å². The maximum atomic E-state index is 13.6. The van der Waals surface area contributed by atoms with Gasteiger partial charge in [-0.25, -0.2) is 4.39 Å². The molecule has 0 aliphatic heterocycles. The van der Waals surface area contributed by atoms with Gasteiger partial charge in [0.25, 0.3) is 5.91 Å². The van der Waals surface area contributed by atoms with Gasteiger partial charge in [0.2, 0.25) is 0 Å². The molecule has 0 saturated heterocycles. The second-order valence-corrected chi connectivity index (χ2v) is 4.25. The van der Waals surface area contributed by atoms with Crippen molar-refractivity contribution < 1.29 is 18.7 Å². The van der Waals surface area contributed by atoms with E-state index in [1.807, 2.05) is 6.92 Å². The average Bonchev–Trinajstić information content (AvgIpc) is 2.94. The van der Waals surface area contributed by atoms with Gasteiger partial charge in [-0.2, -0.15) is 0 Å². The Hall–Kier alpha value is -2.14. The Kier molecular flexibility index (Phi) is 4.53. The van der Waals surface area contributed by atoms with E-state index in [1.54, 1.807) is 24.3 Å². The van der Waals surface area contributed by atoms with Crippen LogP contribution in [0, 0.1) is 5.82 Å². The third-order valence-electron chi connectivity index (χ3n) is 2.99. The lowest BCUT2D eigenvalue weighted by atomic mass is 10.1. The highest BCUT2D eigenvalue weighted by Gasteiger charge is 2.18. The predicted octanol–water partition coefficient (Wildman–Crippen LogP) is 2.54. The highest BCUT2D eigenvalue weighted by Crippen LogP contribution is 2.25. The normalized spacial score (nSPS) is 10.6. The van der Waals surface area contributed by atoms with Crippen LogP contribution in [-0.4, -0.2) is 35.6 Å². The number of benzene rings is 1. The maximum absolute atomic E-state index is 13.6. The lowest BCUT2D eigenvalue weighted by Gasteiger charge is -2.17. The van der Waals surface area contributed by atoms with Crippen LogP contribution in [-0.2, 0) is 0 Å². The van der Waals surface area contributed by atoms with E-state index in [-0.39, 0.29) is 24.8 Å². The molecule has 4 nitrogen and oxygen atoms in total. The van der Waals surface area contributed by atoms with Crippen molar-refractivity contribution in [3.05, 3.63) is 48.0 Å². The Labute approximate surface area is 116 Å². The quantitative estimate of drug-likeness (QED) is 0.913. The van der Waals surface area contributed by atoms with E-state index in [1.165, 1.54) is 17.0 Å². The van der Waals surface area contributed by atoms with Gasteiger partial charge in [-0.3, -0.25) is 4.79 Å². The van der Waals surface area contributed by atoms with Crippen molar-refractivity contribution in [3.63, 3.8) is 0 Å². The molecule has 20 heavy (non-hydrogen) atoms. The molecular formula is C15H16FNO3. The number of aliphatic hydroxyl groups excluding tert-OH is 1. The van der Waals surface area contributed by atoms with Crippen molar-refractivity contribution in [2.24, 2.45) is 0 Å². The summed E-state index contributed by atoms with van der Waals surface area (Å²) < 4.78 is 19.1. The minimum absolute atomic E-state index is 0.111. The van der Waals surface area contributed by atoms with Gasteiger partial charge in [-0.05, 0) is 31.2 Å². The molecule has 1 aromatic carbocycles. The van der Waals surface area contributed by atoms with E-state index >= 15 is 0 Å². The summed E-state index contributed by atoms with van der Waals surface area (Å²) in [6.45, 7) is 2.41. The van der Waals surface area contributed by atoms with E-state index in [2.05, 4.69) is 0 Å². The van der Waals surface area contributed by atoms with Crippen molar-refractivity contribution in [3.8, 4) is 11.3 Å². The smallest absolute Gasteiger partial charge is 0.289 e. The maximum Gasteiger partial charge on any atom is 0.289 e. The molecule has 0 aliphatic rings. The Morgan fingerprint density at radius 2 is 2.05 bits per heavy atom. The zero-order chi connectivity index (χ0) is 14.5. The summed E-state index contributed by atoms with van der Waals surface area (Å²) in [4.78, 5) is 13.6. The average molecular weight is 277 g/mol. The third-order valence-corrected chi connectivity index (χ3v) is 2.99. The number of likely N-dealkylation sites (N-methyl/N-ethyl adjacent to an activating group) is 1. The topological polar surface area (TPSA) is 53.7 Å². The molecule has 5 heteroatoms. The molecule has 2 aromatic rings. The lowest BCUT2D eigenvalue weighted by molar-refractivity contribution is 0.0701. The molecule has 2 rings (SSSR count). The van der Waals surface area contributed by atoms with Crippen LogP contribution in [0.3, 0.4) is 0 Å². The summed E-state index contributed by atoms with van der Waals surface area (Å²) in [6.07, 6.45) is 0. The minimum Gasteiger partial charge on any atom is -0.451 e. The molecule has 0 spiro atoms. The first-order valence-corrected chi connectivity index (χ1v) is 6.42. The molecular weight excluding hydrogens is 261 g/mol. The third kappa shape index (κ3) is 2.88. The monoisotopic (exact) mass is 277 g/mol. The lowest BCUT2D eigenvalue weighted by Crippen LogP contribution is -2.33. The van der Waals surface area contributed by atoms with Crippen LogP contribution in [0.15, 0.2) is 40.8 Å². The fourth-order valence-electron chi connectivity index (χ4n) is 1.94. The number of rotatable bonds is 5. The molecule has 1 heterocycles. The summed E-state index contributed by atoms with van der Waals surface area (Å²) >= 11 is 0. The first kappa shape index (κ1) is 14.3.